The second-order valence-electron chi connectivity index (χ2n) is 4.21. The lowest BCUT2D eigenvalue weighted by Gasteiger charge is -2.21. The van der Waals surface area contributed by atoms with Gasteiger partial charge in [0.05, 0.1) is 23.1 Å². The van der Waals surface area contributed by atoms with Crippen molar-refractivity contribution in [2.24, 2.45) is 5.92 Å². The van der Waals surface area contributed by atoms with E-state index in [9.17, 15) is 14.0 Å². The van der Waals surface area contributed by atoms with E-state index >= 15 is 0 Å². The molecule has 1 amide bonds. The molecular formula is C13H15BrFNO3. The van der Waals surface area contributed by atoms with Crippen LogP contribution in [-0.2, 0) is 9.53 Å². The van der Waals surface area contributed by atoms with Crippen LogP contribution < -0.4 is 0 Å². The third-order valence-corrected chi connectivity index (χ3v) is 3.49. The van der Waals surface area contributed by atoms with Crippen molar-refractivity contribution in [3.8, 4) is 0 Å². The number of hydrogen-bond donors (Lipinski definition) is 0. The van der Waals surface area contributed by atoms with Crippen LogP contribution in [0.25, 0.3) is 0 Å². The monoisotopic (exact) mass is 331 g/mol. The molecule has 6 heteroatoms. The highest BCUT2D eigenvalue weighted by Crippen LogP contribution is 2.21. The number of nitrogens with zero attached hydrogens (tertiary/aromatic N) is 1. The molecule has 1 atom stereocenters. The summed E-state index contributed by atoms with van der Waals surface area (Å²) >= 11 is 3.04. The first kappa shape index (κ1) is 15.6. The van der Waals surface area contributed by atoms with Crippen molar-refractivity contribution >= 4 is 27.8 Å². The highest BCUT2D eigenvalue weighted by atomic mass is 79.9. The average molecular weight is 332 g/mol. The summed E-state index contributed by atoms with van der Waals surface area (Å²) < 4.78 is 18.1. The fourth-order valence-corrected chi connectivity index (χ4v) is 2.08. The average Bonchev–Trinajstić information content (AvgIpc) is 2.39. The molecule has 19 heavy (non-hydrogen) atoms. The van der Waals surface area contributed by atoms with Crippen LogP contribution in [0.2, 0.25) is 0 Å². The largest absolute Gasteiger partial charge is 0.469 e. The van der Waals surface area contributed by atoms with E-state index in [-0.39, 0.29) is 22.5 Å². The second kappa shape index (κ2) is 6.65. The first-order valence-electron chi connectivity index (χ1n) is 5.65. The van der Waals surface area contributed by atoms with Crippen LogP contribution in [0.15, 0.2) is 22.7 Å². The maximum Gasteiger partial charge on any atom is 0.310 e. The maximum atomic E-state index is 13.4. The predicted molar refractivity (Wildman–Crippen MR) is 72.2 cm³/mol. The second-order valence-corrected chi connectivity index (χ2v) is 5.00. The van der Waals surface area contributed by atoms with Crippen molar-refractivity contribution < 1.29 is 18.7 Å². The van der Waals surface area contributed by atoms with Gasteiger partial charge in [-0.2, -0.15) is 0 Å². The van der Waals surface area contributed by atoms with Gasteiger partial charge in [-0.05, 0) is 28.1 Å². The van der Waals surface area contributed by atoms with Crippen molar-refractivity contribution in [3.63, 3.8) is 0 Å². The number of carbonyl (C=O) groups excluding carboxylic acids is 2. The SMILES string of the molecule is COC(=O)C(C)CN(C)C(=O)c1cccc(F)c1Br. The van der Waals surface area contributed by atoms with Gasteiger partial charge in [-0.3, -0.25) is 9.59 Å². The minimum Gasteiger partial charge on any atom is -0.469 e. The molecule has 0 saturated heterocycles. The van der Waals surface area contributed by atoms with Crippen molar-refractivity contribution in [1.29, 1.82) is 0 Å². The Hall–Kier alpha value is -1.43. The van der Waals surface area contributed by atoms with Gasteiger partial charge in [0, 0.05) is 13.6 Å². The summed E-state index contributed by atoms with van der Waals surface area (Å²) in [7, 11) is 2.85. The summed E-state index contributed by atoms with van der Waals surface area (Å²) in [6, 6.07) is 4.25. The lowest BCUT2D eigenvalue weighted by atomic mass is 10.1. The first-order chi connectivity index (χ1) is 8.88. The molecule has 1 aromatic rings. The van der Waals surface area contributed by atoms with Crippen molar-refractivity contribution in [1.82, 2.24) is 4.90 Å². The molecule has 1 aromatic carbocycles. The van der Waals surface area contributed by atoms with Crippen LogP contribution in [-0.4, -0.2) is 37.5 Å². The van der Waals surface area contributed by atoms with Gasteiger partial charge in [-0.1, -0.05) is 13.0 Å². The fraction of sp³-hybridized carbons (Fsp3) is 0.385. The quantitative estimate of drug-likeness (QED) is 0.796. The van der Waals surface area contributed by atoms with Gasteiger partial charge in [0.25, 0.3) is 5.91 Å². The molecule has 0 spiro atoms. The number of ether oxygens (including phenoxy) is 1. The summed E-state index contributed by atoms with van der Waals surface area (Å²) in [6.45, 7) is 1.87. The summed E-state index contributed by atoms with van der Waals surface area (Å²) in [4.78, 5) is 24.8. The van der Waals surface area contributed by atoms with Crippen molar-refractivity contribution in [2.75, 3.05) is 20.7 Å². The van der Waals surface area contributed by atoms with E-state index in [0.717, 1.165) is 0 Å². The van der Waals surface area contributed by atoms with Crippen LogP contribution >= 0.6 is 15.9 Å². The maximum absolute atomic E-state index is 13.4. The lowest BCUT2D eigenvalue weighted by molar-refractivity contribution is -0.145. The van der Waals surface area contributed by atoms with Crippen molar-refractivity contribution in [2.45, 2.75) is 6.92 Å². The molecule has 0 aliphatic rings. The van der Waals surface area contributed by atoms with Crippen LogP contribution in [0.1, 0.15) is 17.3 Å². The topological polar surface area (TPSA) is 46.6 Å². The molecule has 0 N–H and O–H groups in total. The Bertz CT molecular complexity index is 493. The van der Waals surface area contributed by atoms with Gasteiger partial charge in [0.2, 0.25) is 0 Å². The Morgan fingerprint density at radius 3 is 2.68 bits per heavy atom. The van der Waals surface area contributed by atoms with E-state index in [1.165, 1.54) is 30.2 Å². The number of halogens is 2. The van der Waals surface area contributed by atoms with E-state index in [4.69, 9.17) is 0 Å². The number of amides is 1. The van der Waals surface area contributed by atoms with Gasteiger partial charge in [0.1, 0.15) is 5.82 Å². The van der Waals surface area contributed by atoms with Crippen LogP contribution in [0.3, 0.4) is 0 Å². The Balaban J connectivity index is 2.83. The summed E-state index contributed by atoms with van der Waals surface area (Å²) in [5.41, 5.74) is 0.222. The van der Waals surface area contributed by atoms with Gasteiger partial charge in [0.15, 0.2) is 0 Å². The molecule has 0 heterocycles. The van der Waals surface area contributed by atoms with Crippen molar-refractivity contribution in [3.05, 3.63) is 34.1 Å². The predicted octanol–water partition coefficient (Wildman–Crippen LogP) is 2.47. The van der Waals surface area contributed by atoms with Gasteiger partial charge >= 0.3 is 5.97 Å². The molecule has 0 aromatic heterocycles. The normalized spacial score (nSPS) is 11.8. The molecule has 1 unspecified atom stereocenters. The van der Waals surface area contributed by atoms with E-state index in [1.54, 1.807) is 14.0 Å². The smallest absolute Gasteiger partial charge is 0.310 e. The summed E-state index contributed by atoms with van der Waals surface area (Å²) in [6.07, 6.45) is 0. The van der Waals surface area contributed by atoms with E-state index in [0.29, 0.717) is 0 Å². The van der Waals surface area contributed by atoms with E-state index in [1.807, 2.05) is 0 Å². The van der Waals surface area contributed by atoms with E-state index in [2.05, 4.69) is 20.7 Å². The van der Waals surface area contributed by atoms with Crippen LogP contribution in [0.5, 0.6) is 0 Å². The molecule has 1 rings (SSSR count). The van der Waals surface area contributed by atoms with E-state index < -0.39 is 17.7 Å². The molecule has 0 fully saturated rings. The zero-order valence-corrected chi connectivity index (χ0v) is 12.5. The summed E-state index contributed by atoms with van der Waals surface area (Å²) in [5, 5.41) is 0. The Kier molecular flexibility index (Phi) is 5.47. The molecule has 4 nitrogen and oxygen atoms in total. The zero-order chi connectivity index (χ0) is 14.6. The standard InChI is InChI=1S/C13H15BrFNO3/c1-8(13(18)19-3)7-16(2)12(17)9-5-4-6-10(15)11(9)14/h4-6,8H,7H2,1-3H3. The fourth-order valence-electron chi connectivity index (χ4n) is 1.64. The van der Waals surface area contributed by atoms with Crippen LogP contribution in [0.4, 0.5) is 4.39 Å². The molecule has 0 radical (unpaired) electrons. The highest BCUT2D eigenvalue weighted by Gasteiger charge is 2.21. The van der Waals surface area contributed by atoms with Gasteiger partial charge in [-0.15, -0.1) is 0 Å². The minimum absolute atomic E-state index is 0.123. The Morgan fingerprint density at radius 1 is 1.47 bits per heavy atom. The molecule has 0 saturated carbocycles. The Morgan fingerprint density at radius 2 is 2.11 bits per heavy atom. The lowest BCUT2D eigenvalue weighted by Crippen LogP contribution is -2.34. The third-order valence-electron chi connectivity index (χ3n) is 2.68. The van der Waals surface area contributed by atoms with Gasteiger partial charge < -0.3 is 9.64 Å². The van der Waals surface area contributed by atoms with Crippen LogP contribution in [0, 0.1) is 11.7 Å². The molecule has 0 aliphatic carbocycles. The molecule has 0 bridgehead atoms. The number of methoxy groups -OCH3 is 1. The number of benzene rings is 1. The van der Waals surface area contributed by atoms with Gasteiger partial charge in [-0.25, -0.2) is 4.39 Å². The number of rotatable bonds is 4. The number of esters is 1. The number of carbonyl (C=O) groups is 2. The molecular weight excluding hydrogens is 317 g/mol. The summed E-state index contributed by atoms with van der Waals surface area (Å²) in [5.74, 6) is -1.69. The highest BCUT2D eigenvalue weighted by molar-refractivity contribution is 9.10. The third kappa shape index (κ3) is 3.76. The molecule has 0 aliphatic heterocycles. The molecule has 104 valence electrons. The minimum atomic E-state index is -0.500. The Labute approximate surface area is 119 Å². The first-order valence-corrected chi connectivity index (χ1v) is 6.45. The number of hydrogen-bond acceptors (Lipinski definition) is 3. The zero-order valence-electron chi connectivity index (χ0n) is 10.9.